The van der Waals surface area contributed by atoms with E-state index in [2.05, 4.69) is 21.4 Å². The second-order valence-corrected chi connectivity index (χ2v) is 3.56. The zero-order valence-corrected chi connectivity index (χ0v) is 9.35. The van der Waals surface area contributed by atoms with Crippen LogP contribution >= 0.6 is 0 Å². The number of nitro benzene ring substituents is 1. The summed E-state index contributed by atoms with van der Waals surface area (Å²) in [5.41, 5.74) is 0.940. The zero-order valence-electron chi connectivity index (χ0n) is 9.35. The summed E-state index contributed by atoms with van der Waals surface area (Å²) in [5, 5.41) is 21.7. The van der Waals surface area contributed by atoms with E-state index in [1.54, 1.807) is 12.1 Å². The lowest BCUT2D eigenvalue weighted by Gasteiger charge is -2.01. The summed E-state index contributed by atoms with van der Waals surface area (Å²) in [7, 11) is 0. The molecule has 90 valence electrons. The van der Waals surface area contributed by atoms with E-state index in [9.17, 15) is 10.1 Å². The van der Waals surface area contributed by atoms with Gasteiger partial charge < -0.3 is 0 Å². The Bertz CT molecular complexity index is 597. The van der Waals surface area contributed by atoms with Gasteiger partial charge in [0.05, 0.1) is 4.92 Å². The maximum atomic E-state index is 10.5. The quantitative estimate of drug-likeness (QED) is 0.450. The summed E-state index contributed by atoms with van der Waals surface area (Å²) in [6.07, 6.45) is 5.67. The van der Waals surface area contributed by atoms with Crippen LogP contribution in [0.1, 0.15) is 11.4 Å². The minimum Gasteiger partial charge on any atom is -0.258 e. The minimum atomic E-state index is -0.438. The summed E-state index contributed by atoms with van der Waals surface area (Å²) in [4.78, 5) is 10.1. The third kappa shape index (κ3) is 2.49. The fourth-order valence-corrected chi connectivity index (χ4v) is 1.48. The second kappa shape index (κ2) is 5.05. The van der Waals surface area contributed by atoms with Crippen LogP contribution in [-0.2, 0) is 13.0 Å². The number of hydrogen-bond acceptors (Lipinski definition) is 5. The fourth-order valence-electron chi connectivity index (χ4n) is 1.48. The number of terminal acetylenes is 1. The summed E-state index contributed by atoms with van der Waals surface area (Å²) < 4.78 is 1.52. The lowest BCUT2D eigenvalue weighted by atomic mass is 10.1. The van der Waals surface area contributed by atoms with Gasteiger partial charge in [-0.3, -0.25) is 10.1 Å². The highest BCUT2D eigenvalue weighted by Crippen LogP contribution is 2.13. The normalized spacial score (nSPS) is 9.94. The molecule has 2 rings (SSSR count). The van der Waals surface area contributed by atoms with Gasteiger partial charge >= 0.3 is 0 Å². The summed E-state index contributed by atoms with van der Waals surface area (Å²) >= 11 is 0. The van der Waals surface area contributed by atoms with Crippen molar-refractivity contribution in [2.75, 3.05) is 0 Å². The molecule has 0 saturated heterocycles. The molecule has 7 nitrogen and oxygen atoms in total. The molecule has 0 aliphatic rings. The summed E-state index contributed by atoms with van der Waals surface area (Å²) in [6, 6.07) is 6.25. The molecule has 0 saturated carbocycles. The number of benzene rings is 1. The van der Waals surface area contributed by atoms with Crippen LogP contribution in [0, 0.1) is 22.5 Å². The number of tetrazole rings is 1. The zero-order chi connectivity index (χ0) is 13.0. The largest absolute Gasteiger partial charge is 0.269 e. The summed E-state index contributed by atoms with van der Waals surface area (Å²) in [6.45, 7) is 0.301. The van der Waals surface area contributed by atoms with Gasteiger partial charge in [-0.05, 0) is 16.0 Å². The Hall–Kier alpha value is -2.75. The number of aromatic nitrogens is 4. The third-order valence-electron chi connectivity index (χ3n) is 2.36. The van der Waals surface area contributed by atoms with Crippen LogP contribution in [0.25, 0.3) is 0 Å². The average Bonchev–Trinajstić information content (AvgIpc) is 2.78. The lowest BCUT2D eigenvalue weighted by Crippen LogP contribution is -2.05. The molecule has 1 aromatic heterocycles. The van der Waals surface area contributed by atoms with Gasteiger partial charge in [-0.25, -0.2) is 4.68 Å². The fraction of sp³-hybridized carbons (Fsp3) is 0.182. The Labute approximate surface area is 103 Å². The van der Waals surface area contributed by atoms with E-state index in [0.717, 1.165) is 5.56 Å². The van der Waals surface area contributed by atoms with Crippen LogP contribution in [0.2, 0.25) is 0 Å². The first-order valence-electron chi connectivity index (χ1n) is 5.12. The number of rotatable bonds is 4. The van der Waals surface area contributed by atoms with Gasteiger partial charge in [0.1, 0.15) is 6.54 Å². The molecule has 0 bridgehead atoms. The maximum absolute atomic E-state index is 10.5. The molecule has 0 unspecified atom stereocenters. The van der Waals surface area contributed by atoms with Crippen molar-refractivity contribution < 1.29 is 4.92 Å². The van der Waals surface area contributed by atoms with Gasteiger partial charge in [0.2, 0.25) is 0 Å². The van der Waals surface area contributed by atoms with Crippen molar-refractivity contribution in [1.82, 2.24) is 20.2 Å². The smallest absolute Gasteiger partial charge is 0.258 e. The SMILES string of the molecule is C#CCn1nnnc1Cc1ccc([N+](=O)[O-])cc1. The van der Waals surface area contributed by atoms with E-state index in [0.29, 0.717) is 18.8 Å². The topological polar surface area (TPSA) is 86.7 Å². The average molecular weight is 243 g/mol. The molecule has 0 radical (unpaired) electrons. The van der Waals surface area contributed by atoms with Gasteiger partial charge in [-0.2, -0.15) is 0 Å². The molecule has 7 heteroatoms. The summed E-state index contributed by atoms with van der Waals surface area (Å²) in [5.74, 6) is 3.08. The molecule has 0 N–H and O–H groups in total. The number of non-ortho nitro benzene ring substituents is 1. The van der Waals surface area contributed by atoms with Crippen LogP contribution in [0.4, 0.5) is 5.69 Å². The van der Waals surface area contributed by atoms with Crippen LogP contribution in [0.5, 0.6) is 0 Å². The highest BCUT2D eigenvalue weighted by atomic mass is 16.6. The number of nitro groups is 1. The predicted octanol–water partition coefficient (Wildman–Crippen LogP) is 0.805. The Morgan fingerprint density at radius 1 is 1.39 bits per heavy atom. The second-order valence-electron chi connectivity index (χ2n) is 3.56. The van der Waals surface area contributed by atoms with Gasteiger partial charge in [0.15, 0.2) is 5.82 Å². The first kappa shape index (κ1) is 11.7. The van der Waals surface area contributed by atoms with E-state index >= 15 is 0 Å². The van der Waals surface area contributed by atoms with Crippen molar-refractivity contribution in [2.45, 2.75) is 13.0 Å². The van der Waals surface area contributed by atoms with Crippen LogP contribution < -0.4 is 0 Å². The molecular weight excluding hydrogens is 234 g/mol. The first-order chi connectivity index (χ1) is 8.70. The van der Waals surface area contributed by atoms with Crippen molar-refractivity contribution in [2.24, 2.45) is 0 Å². The molecule has 0 atom stereocenters. The van der Waals surface area contributed by atoms with Gasteiger partial charge in [-0.15, -0.1) is 11.5 Å². The van der Waals surface area contributed by atoms with Crippen molar-refractivity contribution in [1.29, 1.82) is 0 Å². The van der Waals surface area contributed by atoms with Gasteiger partial charge in [0.25, 0.3) is 5.69 Å². The Balaban J connectivity index is 2.16. The highest BCUT2D eigenvalue weighted by molar-refractivity contribution is 5.33. The number of nitrogens with zero attached hydrogens (tertiary/aromatic N) is 5. The molecule has 0 fully saturated rings. The van der Waals surface area contributed by atoms with Crippen molar-refractivity contribution >= 4 is 5.69 Å². The molecular formula is C11H9N5O2. The molecule has 1 heterocycles. The Kier molecular flexibility index (Phi) is 3.29. The minimum absolute atomic E-state index is 0.0574. The molecule has 0 amide bonds. The standard InChI is InChI=1S/C11H9N5O2/c1-2-7-15-11(12-13-14-15)8-9-3-5-10(6-4-9)16(17)18/h1,3-6H,7-8H2. The molecule has 0 spiro atoms. The maximum Gasteiger partial charge on any atom is 0.269 e. The highest BCUT2D eigenvalue weighted by Gasteiger charge is 2.08. The van der Waals surface area contributed by atoms with Crippen molar-refractivity contribution in [3.8, 4) is 12.3 Å². The molecule has 0 aliphatic carbocycles. The molecule has 18 heavy (non-hydrogen) atoms. The van der Waals surface area contributed by atoms with Crippen LogP contribution in [0.15, 0.2) is 24.3 Å². The Morgan fingerprint density at radius 2 is 2.11 bits per heavy atom. The van der Waals surface area contributed by atoms with Crippen molar-refractivity contribution in [3.05, 3.63) is 45.8 Å². The van der Waals surface area contributed by atoms with Gasteiger partial charge in [0, 0.05) is 18.6 Å². The lowest BCUT2D eigenvalue weighted by molar-refractivity contribution is -0.384. The first-order valence-corrected chi connectivity index (χ1v) is 5.12. The molecule has 1 aromatic carbocycles. The monoisotopic (exact) mass is 243 g/mol. The molecule has 0 aliphatic heterocycles. The third-order valence-corrected chi connectivity index (χ3v) is 2.36. The Morgan fingerprint density at radius 3 is 2.72 bits per heavy atom. The number of hydrogen-bond donors (Lipinski definition) is 0. The van der Waals surface area contributed by atoms with Crippen molar-refractivity contribution in [3.63, 3.8) is 0 Å². The van der Waals surface area contributed by atoms with Crippen LogP contribution in [0.3, 0.4) is 0 Å². The molecule has 2 aromatic rings. The van der Waals surface area contributed by atoms with E-state index in [1.807, 2.05) is 0 Å². The predicted molar refractivity (Wildman–Crippen MR) is 62.6 cm³/mol. The van der Waals surface area contributed by atoms with Gasteiger partial charge in [-0.1, -0.05) is 18.1 Å². The van der Waals surface area contributed by atoms with E-state index in [4.69, 9.17) is 6.42 Å². The van der Waals surface area contributed by atoms with E-state index < -0.39 is 4.92 Å². The van der Waals surface area contributed by atoms with E-state index in [-0.39, 0.29) is 5.69 Å². The van der Waals surface area contributed by atoms with E-state index in [1.165, 1.54) is 16.8 Å². The van der Waals surface area contributed by atoms with Crippen LogP contribution in [-0.4, -0.2) is 25.1 Å².